The van der Waals surface area contributed by atoms with Gasteiger partial charge >= 0.3 is 0 Å². The van der Waals surface area contributed by atoms with Crippen LogP contribution >= 0.6 is 9.24 Å². The molecule has 6 nitrogen and oxygen atoms in total. The van der Waals surface area contributed by atoms with Crippen molar-refractivity contribution in [3.8, 4) is 0 Å². The van der Waals surface area contributed by atoms with Gasteiger partial charge in [0.2, 0.25) is 0 Å². The number of carbonyl (C=O) groups is 1. The van der Waals surface area contributed by atoms with Crippen LogP contribution in [0.15, 0.2) is 46.7 Å². The van der Waals surface area contributed by atoms with Gasteiger partial charge in [-0.3, -0.25) is 4.79 Å². The Bertz CT molecular complexity index is 929. The molecule has 2 aromatic rings. The van der Waals surface area contributed by atoms with Gasteiger partial charge in [-0.15, -0.1) is 9.24 Å². The molecule has 148 valence electrons. The largest absolute Gasteiger partial charge is 0.398 e. The molecule has 0 saturated carbocycles. The van der Waals surface area contributed by atoms with Crippen LogP contribution < -0.4 is 10.6 Å². The Labute approximate surface area is 166 Å². The molecule has 0 saturated heterocycles. The van der Waals surface area contributed by atoms with Crippen molar-refractivity contribution in [2.75, 3.05) is 14.2 Å². The van der Waals surface area contributed by atoms with Gasteiger partial charge in [0.05, 0.1) is 5.71 Å². The Morgan fingerprint density at radius 2 is 2.00 bits per heavy atom. The number of benzene rings is 2. The molecule has 0 aliphatic carbocycles. The van der Waals surface area contributed by atoms with E-state index in [0.29, 0.717) is 16.6 Å². The zero-order valence-electron chi connectivity index (χ0n) is 16.2. The average Bonchev–Trinajstić information content (AvgIpc) is 2.68. The third kappa shape index (κ3) is 5.14. The minimum Gasteiger partial charge on any atom is -0.398 e. The van der Waals surface area contributed by atoms with E-state index in [0.717, 1.165) is 16.7 Å². The number of aryl methyl sites for hydroxylation is 1. The molecular weight excluding hydrogens is 380 g/mol. The summed E-state index contributed by atoms with van der Waals surface area (Å²) in [4.78, 5) is 22.5. The molecule has 28 heavy (non-hydrogen) atoms. The Hall–Kier alpha value is -2.79. The summed E-state index contributed by atoms with van der Waals surface area (Å²) < 4.78 is 13.4. The lowest BCUT2D eigenvalue weighted by Gasteiger charge is -2.13. The number of amides is 1. The van der Waals surface area contributed by atoms with Crippen molar-refractivity contribution in [3.05, 3.63) is 64.5 Å². The normalized spacial score (nSPS) is 11.9. The van der Waals surface area contributed by atoms with Crippen LogP contribution in [0, 0.1) is 12.7 Å². The highest BCUT2D eigenvalue weighted by atomic mass is 31.0. The number of hydrogen-bond donors (Lipinski definition) is 1. The minimum absolute atomic E-state index is 0.133. The van der Waals surface area contributed by atoms with Crippen molar-refractivity contribution < 1.29 is 18.9 Å². The molecule has 8 heteroatoms. The van der Waals surface area contributed by atoms with Gasteiger partial charge in [-0.2, -0.15) is 0 Å². The first-order chi connectivity index (χ1) is 13.4. The minimum atomic E-state index is -0.368. The Morgan fingerprint density at radius 3 is 2.64 bits per heavy atom. The molecule has 1 amide bonds. The monoisotopic (exact) mass is 403 g/mol. The highest BCUT2D eigenvalue weighted by Gasteiger charge is 2.19. The molecule has 0 aliphatic rings. The molecule has 1 N–H and O–H groups in total. The summed E-state index contributed by atoms with van der Waals surface area (Å²) in [6.45, 7) is 3.82. The highest BCUT2D eigenvalue weighted by molar-refractivity contribution is 7.27. The summed E-state index contributed by atoms with van der Waals surface area (Å²) in [7, 11) is 5.25. The summed E-state index contributed by atoms with van der Waals surface area (Å²) >= 11 is 0. The zero-order valence-corrected chi connectivity index (χ0v) is 17.4. The Morgan fingerprint density at radius 1 is 1.25 bits per heavy atom. The van der Waals surface area contributed by atoms with Crippen molar-refractivity contribution in [2.24, 2.45) is 10.3 Å². The molecule has 1 atom stereocenters. The fourth-order valence-electron chi connectivity index (χ4n) is 2.55. The van der Waals surface area contributed by atoms with E-state index in [1.54, 1.807) is 25.1 Å². The van der Waals surface area contributed by atoms with Crippen LogP contribution in [0.2, 0.25) is 0 Å². The number of nitrogens with zero attached hydrogens (tertiary/aromatic N) is 2. The van der Waals surface area contributed by atoms with Crippen molar-refractivity contribution in [3.63, 3.8) is 0 Å². The number of hydrogen-bond acceptors (Lipinski definition) is 5. The van der Waals surface area contributed by atoms with Crippen LogP contribution in [0.25, 0.3) is 0 Å². The average molecular weight is 403 g/mol. The van der Waals surface area contributed by atoms with Gasteiger partial charge in [0, 0.05) is 23.5 Å². The van der Waals surface area contributed by atoms with E-state index >= 15 is 0 Å². The van der Waals surface area contributed by atoms with E-state index in [2.05, 4.69) is 24.9 Å². The molecule has 0 radical (unpaired) electrons. The van der Waals surface area contributed by atoms with Crippen LogP contribution in [0.1, 0.15) is 29.2 Å². The van der Waals surface area contributed by atoms with Gasteiger partial charge in [0.25, 0.3) is 5.91 Å². The smallest absolute Gasteiger partial charge is 0.273 e. The van der Waals surface area contributed by atoms with Crippen molar-refractivity contribution in [1.82, 2.24) is 5.32 Å². The summed E-state index contributed by atoms with van der Waals surface area (Å²) in [6.07, 6.45) is 0. The van der Waals surface area contributed by atoms with Crippen molar-refractivity contribution in [2.45, 2.75) is 20.5 Å². The predicted molar refractivity (Wildman–Crippen MR) is 112 cm³/mol. The lowest BCUT2D eigenvalue weighted by molar-refractivity contribution is -0.114. The summed E-state index contributed by atoms with van der Waals surface area (Å²) in [5.41, 5.74) is 3.80. The maximum Gasteiger partial charge on any atom is 0.273 e. The molecular formula is C20H23FN3O3P. The maximum atomic E-state index is 13.4. The fourth-order valence-corrected chi connectivity index (χ4v) is 2.83. The highest BCUT2D eigenvalue weighted by Crippen LogP contribution is 2.18. The molecule has 0 bridgehead atoms. The molecule has 2 rings (SSSR count). The predicted octanol–water partition coefficient (Wildman–Crippen LogP) is 2.67. The van der Waals surface area contributed by atoms with Crippen LogP contribution in [0.3, 0.4) is 0 Å². The van der Waals surface area contributed by atoms with E-state index in [9.17, 15) is 9.18 Å². The maximum absolute atomic E-state index is 13.4. The van der Waals surface area contributed by atoms with E-state index in [-0.39, 0.29) is 24.0 Å². The second-order valence-corrected chi connectivity index (χ2v) is 6.61. The second-order valence-electron chi connectivity index (χ2n) is 5.99. The van der Waals surface area contributed by atoms with Crippen LogP contribution in [-0.4, -0.2) is 31.5 Å². The summed E-state index contributed by atoms with van der Waals surface area (Å²) in [5, 5.41) is 11.0. The standard InChI is InChI=1S/C20H23FN3O3P/c1-12-6-5-7-15(19(24-26-4)20(25)22-3)16(12)11-27-23-13(2)14-8-9-17(21)18(28)10-14/h5-10H,11,28H2,1-4H3,(H,22,25)/b23-13+,24-19+. The number of oxime groups is 2. The Kier molecular flexibility index (Phi) is 7.64. The first-order valence-electron chi connectivity index (χ1n) is 8.53. The third-order valence-corrected chi connectivity index (χ3v) is 4.56. The van der Waals surface area contributed by atoms with Gasteiger partial charge < -0.3 is 15.0 Å². The number of likely N-dealkylation sites (N-methyl/N-ethyl adjacent to an activating group) is 1. The van der Waals surface area contributed by atoms with Crippen LogP contribution in [-0.2, 0) is 21.1 Å². The van der Waals surface area contributed by atoms with Crippen molar-refractivity contribution in [1.29, 1.82) is 0 Å². The third-order valence-electron chi connectivity index (χ3n) is 4.11. The molecule has 0 spiro atoms. The lowest BCUT2D eigenvalue weighted by atomic mass is 9.98. The first kappa shape index (κ1) is 21.5. The molecule has 0 fully saturated rings. The second kappa shape index (κ2) is 9.95. The topological polar surface area (TPSA) is 72.3 Å². The van der Waals surface area contributed by atoms with E-state index in [1.807, 2.05) is 19.1 Å². The van der Waals surface area contributed by atoms with Gasteiger partial charge in [0.1, 0.15) is 19.5 Å². The number of halogens is 1. The zero-order chi connectivity index (χ0) is 20.7. The molecule has 0 aromatic heterocycles. The summed E-state index contributed by atoms with van der Waals surface area (Å²) in [6, 6.07) is 10.2. The van der Waals surface area contributed by atoms with Crippen LogP contribution in [0.5, 0.6) is 0 Å². The van der Waals surface area contributed by atoms with Crippen LogP contribution in [0.4, 0.5) is 4.39 Å². The Balaban J connectivity index is 2.27. The molecule has 1 unspecified atom stereocenters. The first-order valence-corrected chi connectivity index (χ1v) is 9.10. The molecule has 0 heterocycles. The number of nitrogens with one attached hydrogen (secondary N) is 1. The number of carbonyl (C=O) groups excluding carboxylic acids is 1. The molecule has 0 aliphatic heterocycles. The van der Waals surface area contributed by atoms with E-state index < -0.39 is 0 Å². The van der Waals surface area contributed by atoms with Gasteiger partial charge in [-0.1, -0.05) is 34.6 Å². The summed E-state index contributed by atoms with van der Waals surface area (Å²) in [5.74, 6) is -0.668. The van der Waals surface area contributed by atoms with Gasteiger partial charge in [-0.05, 0) is 37.1 Å². The van der Waals surface area contributed by atoms with Crippen molar-refractivity contribution >= 4 is 31.9 Å². The quantitative estimate of drug-likeness (QED) is 0.439. The van der Waals surface area contributed by atoms with Gasteiger partial charge in [-0.25, -0.2) is 4.39 Å². The van der Waals surface area contributed by atoms with E-state index in [4.69, 9.17) is 9.68 Å². The van der Waals surface area contributed by atoms with E-state index in [1.165, 1.54) is 20.2 Å². The SMILES string of the molecule is CNC(=O)/C(=N/OC)c1cccc(C)c1CO/N=C(\C)c1ccc(F)c(P)c1. The van der Waals surface area contributed by atoms with Gasteiger partial charge in [0.15, 0.2) is 5.71 Å². The molecule has 2 aromatic carbocycles. The number of rotatable bonds is 7. The lowest BCUT2D eigenvalue weighted by Crippen LogP contribution is -2.29. The fraction of sp³-hybridized carbons (Fsp3) is 0.250.